The van der Waals surface area contributed by atoms with Crippen molar-refractivity contribution in [3.05, 3.63) is 29.8 Å². The maximum absolute atomic E-state index is 5.22. The van der Waals surface area contributed by atoms with Gasteiger partial charge in [-0.05, 0) is 29.0 Å². The topological polar surface area (TPSA) is 9.23 Å². The molecule has 1 heteroatoms. The summed E-state index contributed by atoms with van der Waals surface area (Å²) in [7, 11) is 1.71. The zero-order valence-corrected chi connectivity index (χ0v) is 9.79. The molecule has 0 saturated carbocycles. The van der Waals surface area contributed by atoms with E-state index < -0.39 is 0 Å². The molecule has 1 unspecified atom stereocenters. The lowest BCUT2D eigenvalue weighted by atomic mass is 9.78. The van der Waals surface area contributed by atoms with Crippen LogP contribution in [0.3, 0.4) is 0 Å². The van der Waals surface area contributed by atoms with E-state index in [4.69, 9.17) is 4.74 Å². The quantitative estimate of drug-likeness (QED) is 0.691. The van der Waals surface area contributed by atoms with Gasteiger partial charge in [0, 0.05) is 0 Å². The van der Waals surface area contributed by atoms with Crippen LogP contribution < -0.4 is 4.74 Å². The lowest BCUT2D eigenvalue weighted by molar-refractivity contribution is 0.338. The summed E-state index contributed by atoms with van der Waals surface area (Å²) in [4.78, 5) is 0. The van der Waals surface area contributed by atoms with Gasteiger partial charge in [0.1, 0.15) is 5.75 Å². The SMILES string of the molecule is COc1cccc(C(C)C(C)(C)C)c1. The van der Waals surface area contributed by atoms with Crippen LogP contribution in [0.5, 0.6) is 5.75 Å². The average Bonchev–Trinajstić information content (AvgIpc) is 2.15. The van der Waals surface area contributed by atoms with E-state index in [2.05, 4.69) is 45.9 Å². The van der Waals surface area contributed by atoms with Crippen LogP contribution in [0.25, 0.3) is 0 Å². The molecule has 1 aromatic carbocycles. The molecule has 0 bridgehead atoms. The largest absolute Gasteiger partial charge is 0.497 e. The first kappa shape index (κ1) is 11.1. The third kappa shape index (κ3) is 2.50. The highest BCUT2D eigenvalue weighted by Crippen LogP contribution is 2.35. The molecule has 0 aliphatic rings. The van der Waals surface area contributed by atoms with Crippen LogP contribution in [0.2, 0.25) is 0 Å². The molecule has 0 N–H and O–H groups in total. The minimum absolute atomic E-state index is 0.298. The smallest absolute Gasteiger partial charge is 0.119 e. The Balaban J connectivity index is 2.95. The number of hydrogen-bond donors (Lipinski definition) is 0. The Kier molecular flexibility index (Phi) is 3.20. The Bertz CT molecular complexity index is 296. The summed E-state index contributed by atoms with van der Waals surface area (Å²) in [6.07, 6.45) is 0. The van der Waals surface area contributed by atoms with E-state index in [-0.39, 0.29) is 0 Å². The van der Waals surface area contributed by atoms with Crippen molar-refractivity contribution >= 4 is 0 Å². The number of hydrogen-bond acceptors (Lipinski definition) is 1. The van der Waals surface area contributed by atoms with Gasteiger partial charge in [0.05, 0.1) is 7.11 Å². The van der Waals surface area contributed by atoms with Gasteiger partial charge < -0.3 is 4.74 Å². The van der Waals surface area contributed by atoms with Crippen LogP contribution in [-0.2, 0) is 0 Å². The molecular formula is C13H20O. The second-order valence-corrected chi connectivity index (χ2v) is 4.86. The molecule has 1 rings (SSSR count). The van der Waals surface area contributed by atoms with Gasteiger partial charge in [-0.1, -0.05) is 39.8 Å². The van der Waals surface area contributed by atoms with Gasteiger partial charge in [-0.15, -0.1) is 0 Å². The standard InChI is InChI=1S/C13H20O/c1-10(13(2,3)4)11-7-6-8-12(9-11)14-5/h6-10H,1-5H3. The molecule has 0 aliphatic carbocycles. The molecule has 0 amide bonds. The molecule has 0 spiro atoms. The number of ether oxygens (including phenoxy) is 1. The average molecular weight is 192 g/mol. The van der Waals surface area contributed by atoms with Gasteiger partial charge in [-0.2, -0.15) is 0 Å². The van der Waals surface area contributed by atoms with Crippen molar-refractivity contribution in [3.8, 4) is 5.75 Å². The molecule has 78 valence electrons. The lowest BCUT2D eigenvalue weighted by Gasteiger charge is -2.27. The maximum atomic E-state index is 5.22. The van der Waals surface area contributed by atoms with Crippen molar-refractivity contribution in [2.75, 3.05) is 7.11 Å². The fourth-order valence-electron chi connectivity index (χ4n) is 1.41. The first-order valence-corrected chi connectivity index (χ1v) is 5.09. The van der Waals surface area contributed by atoms with Crippen LogP contribution in [0.15, 0.2) is 24.3 Å². The molecule has 0 heterocycles. The summed E-state index contributed by atoms with van der Waals surface area (Å²) in [5, 5.41) is 0. The molecule has 14 heavy (non-hydrogen) atoms. The minimum Gasteiger partial charge on any atom is -0.497 e. The normalized spacial score (nSPS) is 13.8. The predicted octanol–water partition coefficient (Wildman–Crippen LogP) is 3.84. The van der Waals surface area contributed by atoms with Gasteiger partial charge >= 0.3 is 0 Å². The summed E-state index contributed by atoms with van der Waals surface area (Å²) in [6.45, 7) is 9.04. The van der Waals surface area contributed by atoms with E-state index in [0.717, 1.165) is 5.75 Å². The first-order valence-electron chi connectivity index (χ1n) is 5.09. The fraction of sp³-hybridized carbons (Fsp3) is 0.538. The second kappa shape index (κ2) is 4.04. The second-order valence-electron chi connectivity index (χ2n) is 4.86. The zero-order chi connectivity index (χ0) is 10.8. The molecule has 0 saturated heterocycles. The Hall–Kier alpha value is -0.980. The van der Waals surface area contributed by atoms with E-state index in [1.165, 1.54) is 5.56 Å². The Morgan fingerprint density at radius 1 is 1.21 bits per heavy atom. The number of benzene rings is 1. The molecule has 0 aliphatic heterocycles. The van der Waals surface area contributed by atoms with Crippen molar-refractivity contribution in [1.82, 2.24) is 0 Å². The summed E-state index contributed by atoms with van der Waals surface area (Å²) >= 11 is 0. The fourth-order valence-corrected chi connectivity index (χ4v) is 1.41. The molecule has 1 atom stereocenters. The molecule has 0 radical (unpaired) electrons. The van der Waals surface area contributed by atoms with Crippen LogP contribution in [0, 0.1) is 5.41 Å². The van der Waals surface area contributed by atoms with Crippen LogP contribution in [-0.4, -0.2) is 7.11 Å². The summed E-state index contributed by atoms with van der Waals surface area (Å²) in [5.74, 6) is 1.48. The van der Waals surface area contributed by atoms with Crippen molar-refractivity contribution in [2.24, 2.45) is 5.41 Å². The highest BCUT2D eigenvalue weighted by Gasteiger charge is 2.21. The summed E-state index contributed by atoms with van der Waals surface area (Å²) in [5.41, 5.74) is 1.64. The van der Waals surface area contributed by atoms with E-state index in [9.17, 15) is 0 Å². The minimum atomic E-state index is 0.298. The van der Waals surface area contributed by atoms with Gasteiger partial charge in [-0.3, -0.25) is 0 Å². The predicted molar refractivity (Wildman–Crippen MR) is 60.9 cm³/mol. The first-order chi connectivity index (χ1) is 6.45. The number of methoxy groups -OCH3 is 1. The Morgan fingerprint density at radius 2 is 1.86 bits per heavy atom. The van der Waals surface area contributed by atoms with Gasteiger partial charge in [-0.25, -0.2) is 0 Å². The van der Waals surface area contributed by atoms with E-state index in [1.54, 1.807) is 7.11 Å². The number of rotatable bonds is 2. The van der Waals surface area contributed by atoms with Crippen molar-refractivity contribution in [2.45, 2.75) is 33.6 Å². The zero-order valence-electron chi connectivity index (χ0n) is 9.79. The molecule has 1 nitrogen and oxygen atoms in total. The van der Waals surface area contributed by atoms with Crippen LogP contribution in [0.1, 0.15) is 39.2 Å². The molecular weight excluding hydrogens is 172 g/mol. The molecule has 0 fully saturated rings. The van der Waals surface area contributed by atoms with E-state index >= 15 is 0 Å². The lowest BCUT2D eigenvalue weighted by Crippen LogP contribution is -2.15. The van der Waals surface area contributed by atoms with Crippen LogP contribution >= 0.6 is 0 Å². The van der Waals surface area contributed by atoms with Gasteiger partial charge in [0.15, 0.2) is 0 Å². The third-order valence-electron chi connectivity index (χ3n) is 2.89. The molecule has 1 aromatic rings. The monoisotopic (exact) mass is 192 g/mol. The Morgan fingerprint density at radius 3 is 2.36 bits per heavy atom. The van der Waals surface area contributed by atoms with Crippen molar-refractivity contribution in [3.63, 3.8) is 0 Å². The van der Waals surface area contributed by atoms with E-state index in [1.807, 2.05) is 6.07 Å². The van der Waals surface area contributed by atoms with Crippen molar-refractivity contribution < 1.29 is 4.74 Å². The van der Waals surface area contributed by atoms with Gasteiger partial charge in [0.2, 0.25) is 0 Å². The molecule has 0 aromatic heterocycles. The highest BCUT2D eigenvalue weighted by molar-refractivity contribution is 5.31. The third-order valence-corrected chi connectivity index (χ3v) is 2.89. The van der Waals surface area contributed by atoms with Crippen molar-refractivity contribution in [1.29, 1.82) is 0 Å². The van der Waals surface area contributed by atoms with Gasteiger partial charge in [0.25, 0.3) is 0 Å². The highest BCUT2D eigenvalue weighted by atomic mass is 16.5. The summed E-state index contributed by atoms with van der Waals surface area (Å²) in [6, 6.07) is 8.32. The van der Waals surface area contributed by atoms with Crippen LogP contribution in [0.4, 0.5) is 0 Å². The Labute approximate surface area is 87.1 Å². The maximum Gasteiger partial charge on any atom is 0.119 e. The van der Waals surface area contributed by atoms with E-state index in [0.29, 0.717) is 11.3 Å². The summed E-state index contributed by atoms with van der Waals surface area (Å²) < 4.78 is 5.22.